The highest BCUT2D eigenvalue weighted by Gasteiger charge is 2.24. The summed E-state index contributed by atoms with van der Waals surface area (Å²) in [6.07, 6.45) is 0. The first-order chi connectivity index (χ1) is 9.13. The van der Waals surface area contributed by atoms with E-state index in [0.717, 1.165) is 17.0 Å². The summed E-state index contributed by atoms with van der Waals surface area (Å²) in [6.45, 7) is 4.80. The molecule has 0 saturated heterocycles. The quantitative estimate of drug-likeness (QED) is 0.862. The van der Waals surface area contributed by atoms with Crippen molar-refractivity contribution >= 4 is 5.69 Å². The van der Waals surface area contributed by atoms with E-state index < -0.39 is 0 Å². The summed E-state index contributed by atoms with van der Waals surface area (Å²) in [5, 5.41) is 12.9. The summed E-state index contributed by atoms with van der Waals surface area (Å²) in [6, 6.07) is 11.8. The summed E-state index contributed by atoms with van der Waals surface area (Å²) < 4.78 is 5.60. The maximum Gasteiger partial charge on any atom is 0.128 e. The van der Waals surface area contributed by atoms with E-state index in [1.165, 1.54) is 11.1 Å². The largest absolute Gasteiger partial charge is 0.508 e. The van der Waals surface area contributed by atoms with Crippen molar-refractivity contribution in [2.75, 3.05) is 11.9 Å². The number of aromatic hydroxyl groups is 1. The van der Waals surface area contributed by atoms with Crippen LogP contribution < -0.4 is 10.1 Å². The molecule has 2 aromatic carbocycles. The molecule has 3 rings (SSSR count). The lowest BCUT2D eigenvalue weighted by molar-refractivity contribution is 0.338. The monoisotopic (exact) mass is 255 g/mol. The zero-order chi connectivity index (χ0) is 13.4. The molecule has 2 aromatic rings. The van der Waals surface area contributed by atoms with Crippen molar-refractivity contribution in [2.45, 2.75) is 19.9 Å². The van der Waals surface area contributed by atoms with Gasteiger partial charge in [-0.1, -0.05) is 6.07 Å². The lowest BCUT2D eigenvalue weighted by Gasteiger charge is -2.14. The minimum atomic E-state index is 0.137. The van der Waals surface area contributed by atoms with Crippen molar-refractivity contribution in [1.29, 1.82) is 0 Å². The third-order valence-electron chi connectivity index (χ3n) is 3.63. The van der Waals surface area contributed by atoms with Gasteiger partial charge in [0, 0.05) is 17.3 Å². The Hall–Kier alpha value is -2.16. The number of anilines is 1. The molecule has 1 aliphatic rings. The molecule has 0 radical (unpaired) electrons. The number of ether oxygens (including phenoxy) is 1. The number of rotatable bonds is 2. The Labute approximate surface area is 112 Å². The fraction of sp³-hybridized carbons (Fsp3) is 0.250. The minimum absolute atomic E-state index is 0.137. The third kappa shape index (κ3) is 2.24. The first kappa shape index (κ1) is 11.9. The van der Waals surface area contributed by atoms with E-state index in [-0.39, 0.29) is 11.8 Å². The molecule has 1 atom stereocenters. The van der Waals surface area contributed by atoms with Gasteiger partial charge in [-0.25, -0.2) is 0 Å². The number of fused-ring (bicyclic) bond motifs is 1. The van der Waals surface area contributed by atoms with E-state index in [4.69, 9.17) is 4.74 Å². The number of nitrogens with one attached hydrogen (secondary N) is 1. The molecule has 0 spiro atoms. The van der Waals surface area contributed by atoms with E-state index in [1.54, 1.807) is 12.1 Å². The molecule has 0 saturated carbocycles. The van der Waals surface area contributed by atoms with Gasteiger partial charge < -0.3 is 15.2 Å². The zero-order valence-electron chi connectivity index (χ0n) is 11.1. The fourth-order valence-corrected chi connectivity index (χ4v) is 2.35. The molecule has 1 heterocycles. The van der Waals surface area contributed by atoms with Gasteiger partial charge >= 0.3 is 0 Å². The summed E-state index contributed by atoms with van der Waals surface area (Å²) >= 11 is 0. The summed E-state index contributed by atoms with van der Waals surface area (Å²) in [5.74, 6) is 1.01. The number of hydrogen-bond donors (Lipinski definition) is 2. The molecule has 1 aliphatic heterocycles. The molecule has 3 nitrogen and oxygen atoms in total. The van der Waals surface area contributed by atoms with Gasteiger partial charge in [-0.15, -0.1) is 0 Å². The highest BCUT2D eigenvalue weighted by Crippen LogP contribution is 2.36. The van der Waals surface area contributed by atoms with Crippen LogP contribution in [0.3, 0.4) is 0 Å². The number of hydrogen-bond acceptors (Lipinski definition) is 3. The second kappa shape index (κ2) is 4.50. The Morgan fingerprint density at radius 3 is 2.74 bits per heavy atom. The van der Waals surface area contributed by atoms with Gasteiger partial charge in [-0.3, -0.25) is 0 Å². The lowest BCUT2D eigenvalue weighted by atomic mass is 10.1. The summed E-state index contributed by atoms with van der Waals surface area (Å²) in [4.78, 5) is 0. The van der Waals surface area contributed by atoms with Crippen LogP contribution in [0, 0.1) is 13.8 Å². The van der Waals surface area contributed by atoms with Crippen LogP contribution in [0.1, 0.15) is 22.7 Å². The smallest absolute Gasteiger partial charge is 0.128 e. The molecule has 19 heavy (non-hydrogen) atoms. The van der Waals surface area contributed by atoms with Crippen molar-refractivity contribution in [3.8, 4) is 11.5 Å². The topological polar surface area (TPSA) is 41.5 Å². The van der Waals surface area contributed by atoms with Crippen LogP contribution in [0.25, 0.3) is 0 Å². The Balaban J connectivity index is 1.84. The molecule has 3 heteroatoms. The zero-order valence-corrected chi connectivity index (χ0v) is 11.1. The van der Waals surface area contributed by atoms with Gasteiger partial charge in [-0.2, -0.15) is 0 Å². The second-order valence-electron chi connectivity index (χ2n) is 5.03. The SMILES string of the molecule is Cc1ccc(NC2COc3cc(O)ccc32)cc1C. The lowest BCUT2D eigenvalue weighted by Crippen LogP contribution is -2.12. The van der Waals surface area contributed by atoms with Crippen molar-refractivity contribution in [2.24, 2.45) is 0 Å². The Kier molecular flexibility index (Phi) is 2.82. The highest BCUT2D eigenvalue weighted by molar-refractivity contribution is 5.53. The van der Waals surface area contributed by atoms with Crippen LogP contribution in [0.2, 0.25) is 0 Å². The normalized spacial score (nSPS) is 16.8. The van der Waals surface area contributed by atoms with Crippen molar-refractivity contribution in [3.63, 3.8) is 0 Å². The third-order valence-corrected chi connectivity index (χ3v) is 3.63. The van der Waals surface area contributed by atoms with Crippen molar-refractivity contribution in [1.82, 2.24) is 0 Å². The average molecular weight is 255 g/mol. The summed E-state index contributed by atoms with van der Waals surface area (Å²) in [5.41, 5.74) is 4.75. The molecule has 0 bridgehead atoms. The molecule has 1 unspecified atom stereocenters. The molecule has 2 N–H and O–H groups in total. The Morgan fingerprint density at radius 2 is 1.95 bits per heavy atom. The maximum atomic E-state index is 9.44. The van der Waals surface area contributed by atoms with Gasteiger partial charge in [0.15, 0.2) is 0 Å². The molecule has 0 fully saturated rings. The molecular weight excluding hydrogens is 238 g/mol. The van der Waals surface area contributed by atoms with Crippen LogP contribution in [-0.2, 0) is 0 Å². The van der Waals surface area contributed by atoms with Gasteiger partial charge in [-0.05, 0) is 49.2 Å². The molecule has 0 amide bonds. The fourth-order valence-electron chi connectivity index (χ4n) is 2.35. The van der Waals surface area contributed by atoms with Crippen LogP contribution in [0.4, 0.5) is 5.69 Å². The van der Waals surface area contributed by atoms with Gasteiger partial charge in [0.2, 0.25) is 0 Å². The van der Waals surface area contributed by atoms with Crippen LogP contribution >= 0.6 is 0 Å². The van der Waals surface area contributed by atoms with Crippen LogP contribution in [-0.4, -0.2) is 11.7 Å². The van der Waals surface area contributed by atoms with E-state index in [2.05, 4.69) is 37.4 Å². The van der Waals surface area contributed by atoms with Crippen molar-refractivity contribution < 1.29 is 9.84 Å². The second-order valence-corrected chi connectivity index (χ2v) is 5.03. The molecule has 98 valence electrons. The molecular formula is C16H17NO2. The molecule has 0 aromatic heterocycles. The van der Waals surface area contributed by atoms with Gasteiger partial charge in [0.1, 0.15) is 18.1 Å². The Morgan fingerprint density at radius 1 is 1.11 bits per heavy atom. The van der Waals surface area contributed by atoms with E-state index in [1.807, 2.05) is 6.07 Å². The van der Waals surface area contributed by atoms with Crippen LogP contribution in [0.5, 0.6) is 11.5 Å². The maximum absolute atomic E-state index is 9.44. The average Bonchev–Trinajstić information content (AvgIpc) is 2.76. The Bertz CT molecular complexity index is 622. The molecule has 0 aliphatic carbocycles. The van der Waals surface area contributed by atoms with Gasteiger partial charge in [0.05, 0.1) is 6.04 Å². The number of phenols is 1. The van der Waals surface area contributed by atoms with E-state index in [9.17, 15) is 5.11 Å². The van der Waals surface area contributed by atoms with Crippen molar-refractivity contribution in [3.05, 3.63) is 53.1 Å². The number of benzene rings is 2. The predicted molar refractivity (Wildman–Crippen MR) is 75.9 cm³/mol. The van der Waals surface area contributed by atoms with Crippen LogP contribution in [0.15, 0.2) is 36.4 Å². The minimum Gasteiger partial charge on any atom is -0.508 e. The highest BCUT2D eigenvalue weighted by atomic mass is 16.5. The number of phenolic OH excluding ortho intramolecular Hbond substituents is 1. The first-order valence-corrected chi connectivity index (χ1v) is 6.43. The van der Waals surface area contributed by atoms with E-state index >= 15 is 0 Å². The standard InChI is InChI=1S/C16H17NO2/c1-10-3-4-12(7-11(10)2)17-15-9-19-16-8-13(18)5-6-14(15)16/h3-8,15,17-18H,9H2,1-2H3. The first-order valence-electron chi connectivity index (χ1n) is 6.43. The number of aryl methyl sites for hydroxylation is 2. The predicted octanol–water partition coefficient (Wildman–Crippen LogP) is 3.55. The van der Waals surface area contributed by atoms with Gasteiger partial charge in [0.25, 0.3) is 0 Å². The summed E-state index contributed by atoms with van der Waals surface area (Å²) in [7, 11) is 0. The van der Waals surface area contributed by atoms with E-state index in [0.29, 0.717) is 6.61 Å².